The first-order valence-electron chi connectivity index (χ1n) is 13.8. The molecule has 1 aromatic heterocycles. The van der Waals surface area contributed by atoms with E-state index in [4.69, 9.17) is 16.6 Å². The van der Waals surface area contributed by atoms with Gasteiger partial charge in [-0.3, -0.25) is 0 Å². The van der Waals surface area contributed by atoms with Crippen molar-refractivity contribution in [2.75, 3.05) is 0 Å². The Morgan fingerprint density at radius 3 is 2.37 bits per heavy atom. The molecular weight excluding hydrogens is 522 g/mol. The monoisotopic (exact) mass is 565 g/mol. The molecule has 0 saturated carbocycles. The third-order valence-electron chi connectivity index (χ3n) is 6.78. The van der Waals surface area contributed by atoms with E-state index in [0.29, 0.717) is 10.9 Å². The largest absolute Gasteiger partial charge is 0.378 e. The number of imidazole rings is 1. The maximum Gasteiger partial charge on any atom is 0.138 e. The lowest BCUT2D eigenvalue weighted by atomic mass is 9.89. The molecule has 0 amide bonds. The Morgan fingerprint density at radius 1 is 1.10 bits per heavy atom. The minimum Gasteiger partial charge on any atom is -0.378 e. The maximum absolute atomic E-state index is 6.38. The average molecular weight is 566 g/mol. The van der Waals surface area contributed by atoms with Crippen molar-refractivity contribution in [3.8, 4) is 0 Å². The van der Waals surface area contributed by atoms with Crippen LogP contribution in [-0.4, -0.2) is 16.0 Å². The van der Waals surface area contributed by atoms with Gasteiger partial charge in [0.2, 0.25) is 0 Å². The second-order valence-corrected chi connectivity index (χ2v) is 10.5. The summed E-state index contributed by atoms with van der Waals surface area (Å²) >= 11 is 6.38. The molecule has 0 aliphatic heterocycles. The molecule has 0 fully saturated rings. The summed E-state index contributed by atoms with van der Waals surface area (Å²) in [6.07, 6.45) is 16.4. The van der Waals surface area contributed by atoms with Crippen LogP contribution in [0.5, 0.6) is 0 Å². The van der Waals surface area contributed by atoms with Crippen molar-refractivity contribution in [2.24, 2.45) is 0 Å². The SMILES string of the molecule is C=C/C=C\c1nc(/C(=C/C(C)=C(\C)Cl)C(=C)c2ccc(C(=C)NC(CC)C(/C=C\C)=C/C=C)cc2C(=C)C)[nH]c1C. The molecule has 0 bridgehead atoms. The topological polar surface area (TPSA) is 40.7 Å². The summed E-state index contributed by atoms with van der Waals surface area (Å²) < 4.78 is 0. The minimum atomic E-state index is 0.106. The van der Waals surface area contributed by atoms with Gasteiger partial charge in [0, 0.05) is 22.0 Å². The van der Waals surface area contributed by atoms with E-state index in [1.165, 1.54) is 0 Å². The van der Waals surface area contributed by atoms with E-state index in [1.54, 1.807) is 6.08 Å². The van der Waals surface area contributed by atoms with Crippen LogP contribution in [-0.2, 0) is 0 Å². The number of nitrogens with zero attached hydrogens (tertiary/aromatic N) is 1. The van der Waals surface area contributed by atoms with Gasteiger partial charge in [0.05, 0.1) is 11.7 Å². The lowest BCUT2D eigenvalue weighted by Gasteiger charge is -2.23. The van der Waals surface area contributed by atoms with Gasteiger partial charge in [0.1, 0.15) is 5.82 Å². The quantitative estimate of drug-likeness (QED) is 0.224. The Balaban J connectivity index is 2.61. The first-order chi connectivity index (χ1) is 19.5. The molecule has 0 radical (unpaired) electrons. The van der Waals surface area contributed by atoms with Crippen molar-refractivity contribution >= 4 is 40.1 Å². The van der Waals surface area contributed by atoms with Gasteiger partial charge in [-0.05, 0) is 92.7 Å². The number of H-pyrrole nitrogens is 1. The molecule has 0 aliphatic carbocycles. The van der Waals surface area contributed by atoms with Crippen LogP contribution < -0.4 is 5.32 Å². The van der Waals surface area contributed by atoms with E-state index in [1.807, 2.05) is 71.1 Å². The molecule has 2 aromatic rings. The van der Waals surface area contributed by atoms with E-state index in [-0.39, 0.29) is 6.04 Å². The lowest BCUT2D eigenvalue weighted by Crippen LogP contribution is -2.28. The molecule has 1 aromatic carbocycles. The molecular formula is C37H44ClN3. The van der Waals surface area contributed by atoms with Gasteiger partial charge >= 0.3 is 0 Å². The van der Waals surface area contributed by atoms with Crippen molar-refractivity contribution in [2.45, 2.75) is 54.0 Å². The fourth-order valence-electron chi connectivity index (χ4n) is 4.36. The van der Waals surface area contributed by atoms with E-state index in [9.17, 15) is 0 Å². The number of benzene rings is 1. The number of nitrogens with one attached hydrogen (secondary N) is 2. The molecule has 0 saturated heterocycles. The normalized spacial score (nSPS) is 13.7. The molecule has 1 heterocycles. The zero-order valence-corrected chi connectivity index (χ0v) is 26.3. The number of halogens is 1. The molecule has 3 nitrogen and oxygen atoms in total. The Labute approximate surface area is 252 Å². The van der Waals surface area contributed by atoms with Gasteiger partial charge < -0.3 is 10.3 Å². The smallest absolute Gasteiger partial charge is 0.138 e. The summed E-state index contributed by atoms with van der Waals surface area (Å²) in [5.74, 6) is 0.715. The molecule has 2 rings (SSSR count). The van der Waals surface area contributed by atoms with Gasteiger partial charge in [-0.15, -0.1) is 0 Å². The van der Waals surface area contributed by atoms with Gasteiger partial charge in [-0.1, -0.05) is 106 Å². The molecule has 1 unspecified atom stereocenters. The summed E-state index contributed by atoms with van der Waals surface area (Å²) in [5, 5.41) is 4.31. The number of hydrogen-bond donors (Lipinski definition) is 2. The minimum absolute atomic E-state index is 0.106. The second-order valence-electron chi connectivity index (χ2n) is 9.97. The fourth-order valence-corrected chi connectivity index (χ4v) is 4.42. The third-order valence-corrected chi connectivity index (χ3v) is 7.08. The predicted octanol–water partition coefficient (Wildman–Crippen LogP) is 10.6. The van der Waals surface area contributed by atoms with Gasteiger partial charge in [-0.2, -0.15) is 0 Å². The van der Waals surface area contributed by atoms with Crippen molar-refractivity contribution in [3.63, 3.8) is 0 Å². The Bertz CT molecular complexity index is 1480. The first kappa shape index (κ1) is 33.1. The molecule has 2 N–H and O–H groups in total. The highest BCUT2D eigenvalue weighted by Gasteiger charge is 2.19. The van der Waals surface area contributed by atoms with Crippen LogP contribution in [0, 0.1) is 6.92 Å². The summed E-state index contributed by atoms with van der Waals surface area (Å²) in [4.78, 5) is 8.30. The maximum atomic E-state index is 6.38. The molecule has 0 spiro atoms. The number of aromatic amines is 1. The zero-order valence-electron chi connectivity index (χ0n) is 25.5. The van der Waals surface area contributed by atoms with E-state index < -0.39 is 0 Å². The zero-order chi connectivity index (χ0) is 30.7. The van der Waals surface area contributed by atoms with E-state index >= 15 is 0 Å². The number of aryl methyl sites for hydroxylation is 1. The van der Waals surface area contributed by atoms with Crippen molar-refractivity contribution in [3.05, 3.63) is 144 Å². The van der Waals surface area contributed by atoms with Crippen LogP contribution in [0.1, 0.15) is 74.9 Å². The molecule has 214 valence electrons. The number of aromatic nitrogens is 2. The van der Waals surface area contributed by atoms with Crippen molar-refractivity contribution in [1.29, 1.82) is 0 Å². The van der Waals surface area contributed by atoms with E-state index in [2.05, 4.69) is 74.4 Å². The van der Waals surface area contributed by atoms with Crippen LogP contribution in [0.3, 0.4) is 0 Å². The van der Waals surface area contributed by atoms with Crippen LogP contribution in [0.25, 0.3) is 28.5 Å². The van der Waals surface area contributed by atoms with Crippen LogP contribution in [0.2, 0.25) is 0 Å². The number of hydrogen-bond acceptors (Lipinski definition) is 2. The lowest BCUT2D eigenvalue weighted by molar-refractivity contribution is 0.667. The molecule has 4 heteroatoms. The van der Waals surface area contributed by atoms with Gasteiger partial charge in [0.25, 0.3) is 0 Å². The van der Waals surface area contributed by atoms with E-state index in [0.717, 1.165) is 68.1 Å². The highest BCUT2D eigenvalue weighted by Crippen LogP contribution is 2.36. The highest BCUT2D eigenvalue weighted by molar-refractivity contribution is 6.29. The number of allylic oxidation sites excluding steroid dienone is 11. The molecule has 0 aliphatic rings. The Morgan fingerprint density at radius 2 is 1.80 bits per heavy atom. The third kappa shape index (κ3) is 8.70. The number of rotatable bonds is 14. The van der Waals surface area contributed by atoms with Crippen LogP contribution in [0.4, 0.5) is 0 Å². The molecule has 41 heavy (non-hydrogen) atoms. The molecule has 1 atom stereocenters. The summed E-state index contributed by atoms with van der Waals surface area (Å²) in [6, 6.07) is 6.38. The fraction of sp³-hybridized carbons (Fsp3) is 0.216. The summed E-state index contributed by atoms with van der Waals surface area (Å²) in [6.45, 7) is 32.8. The van der Waals surface area contributed by atoms with Gasteiger partial charge in [-0.25, -0.2) is 4.98 Å². The standard InChI is InChI=1S/C37H44ClN3/c1-12-16-19-36-29(11)40-37(41-36)34(22-25(7)27(9)38)26(8)32-21-20-31(23-33(32)24(5)6)28(10)39-35(15-4)30(17-13-2)18-14-3/h12-14,16-23,35,39H,1-2,5,8,10,15H2,3-4,6-7,9,11H3,(H,40,41)/b18-14-,19-16-,27-25+,30-17+,34-22+. The summed E-state index contributed by atoms with van der Waals surface area (Å²) in [5.41, 5.74) is 10.2. The predicted molar refractivity (Wildman–Crippen MR) is 184 cm³/mol. The highest BCUT2D eigenvalue weighted by atomic mass is 35.5. The van der Waals surface area contributed by atoms with Crippen LogP contribution >= 0.6 is 11.6 Å². The van der Waals surface area contributed by atoms with Crippen molar-refractivity contribution in [1.82, 2.24) is 15.3 Å². The van der Waals surface area contributed by atoms with Gasteiger partial charge in [0.15, 0.2) is 0 Å². The summed E-state index contributed by atoms with van der Waals surface area (Å²) in [7, 11) is 0. The Kier molecular flexibility index (Phi) is 12.6. The van der Waals surface area contributed by atoms with Crippen molar-refractivity contribution < 1.29 is 0 Å². The average Bonchev–Trinajstić information content (AvgIpc) is 3.31. The second kappa shape index (κ2) is 15.6. The van der Waals surface area contributed by atoms with Crippen LogP contribution in [0.15, 0.2) is 110 Å². The first-order valence-corrected chi connectivity index (χ1v) is 14.2. The Hall–Kier alpha value is -4.08.